The van der Waals surface area contributed by atoms with Gasteiger partial charge >= 0.3 is 6.03 Å². The maximum Gasteiger partial charge on any atom is 0.320 e. The van der Waals surface area contributed by atoms with Crippen molar-refractivity contribution in [3.63, 3.8) is 0 Å². The maximum atomic E-state index is 12.0. The molecule has 6 heteroatoms. The number of aliphatic hydroxyl groups is 1. The number of hydrogen-bond acceptors (Lipinski definition) is 3. The highest BCUT2D eigenvalue weighted by molar-refractivity contribution is 5.88. The molecule has 2 unspecified atom stereocenters. The van der Waals surface area contributed by atoms with Crippen molar-refractivity contribution in [2.45, 2.75) is 38.8 Å². The molecule has 0 aliphatic heterocycles. The lowest BCUT2D eigenvalue weighted by molar-refractivity contribution is 0.155. The minimum atomic E-state index is -0.602. The van der Waals surface area contributed by atoms with Crippen LogP contribution < -0.4 is 10.6 Å². The number of amides is 2. The number of nitrogens with one attached hydrogen (secondary N) is 2. The Labute approximate surface area is 136 Å². The van der Waals surface area contributed by atoms with Crippen LogP contribution in [0.3, 0.4) is 0 Å². The van der Waals surface area contributed by atoms with Gasteiger partial charge in [0.15, 0.2) is 0 Å². The van der Waals surface area contributed by atoms with Gasteiger partial charge in [-0.3, -0.25) is 10.00 Å². The molecule has 0 saturated carbocycles. The van der Waals surface area contributed by atoms with Gasteiger partial charge in [-0.1, -0.05) is 37.3 Å². The second-order valence-corrected chi connectivity index (χ2v) is 5.66. The number of rotatable bonds is 6. The fourth-order valence-electron chi connectivity index (χ4n) is 2.40. The number of nitrogens with zero attached hydrogens (tertiary/aromatic N) is 2. The number of aromatic nitrogens is 2. The van der Waals surface area contributed by atoms with E-state index in [0.717, 1.165) is 17.7 Å². The monoisotopic (exact) mass is 316 g/mol. The number of carbonyl (C=O) groups excluding carboxylic acids is 1. The summed E-state index contributed by atoms with van der Waals surface area (Å²) in [6.45, 7) is 3.88. The predicted molar refractivity (Wildman–Crippen MR) is 90.2 cm³/mol. The summed E-state index contributed by atoms with van der Waals surface area (Å²) in [4.78, 5) is 12.0. The van der Waals surface area contributed by atoms with Crippen molar-refractivity contribution in [1.29, 1.82) is 0 Å². The highest BCUT2D eigenvalue weighted by Gasteiger charge is 2.15. The molecule has 0 fully saturated rings. The van der Waals surface area contributed by atoms with Crippen molar-refractivity contribution >= 4 is 11.8 Å². The van der Waals surface area contributed by atoms with Crippen LogP contribution in [0.1, 0.15) is 37.6 Å². The number of carbonyl (C=O) groups is 1. The minimum absolute atomic E-state index is 0.163. The quantitative estimate of drug-likeness (QED) is 0.766. The molecule has 0 spiro atoms. The molecule has 1 aromatic carbocycles. The number of anilines is 1. The van der Waals surface area contributed by atoms with E-state index in [1.165, 1.54) is 0 Å². The lowest BCUT2D eigenvalue weighted by Gasteiger charge is -2.18. The minimum Gasteiger partial charge on any atom is -0.388 e. The number of aryl methyl sites for hydroxylation is 2. The Balaban J connectivity index is 1.86. The maximum absolute atomic E-state index is 12.0. The number of aliphatic hydroxyl groups excluding tert-OH is 1. The van der Waals surface area contributed by atoms with Crippen LogP contribution in [0, 0.1) is 0 Å². The Bertz CT molecular complexity index is 639. The first-order valence-electron chi connectivity index (χ1n) is 7.83. The van der Waals surface area contributed by atoms with Gasteiger partial charge in [-0.15, -0.1) is 0 Å². The molecule has 2 rings (SSSR count). The van der Waals surface area contributed by atoms with Crippen molar-refractivity contribution < 1.29 is 9.90 Å². The van der Waals surface area contributed by atoms with Crippen LogP contribution in [0.4, 0.5) is 10.6 Å². The van der Waals surface area contributed by atoms with E-state index >= 15 is 0 Å². The fraction of sp³-hybridized carbons (Fsp3) is 0.412. The van der Waals surface area contributed by atoms with Gasteiger partial charge in [0.05, 0.1) is 11.8 Å². The summed E-state index contributed by atoms with van der Waals surface area (Å²) < 4.78 is 1.64. The van der Waals surface area contributed by atoms with Crippen LogP contribution in [0.15, 0.2) is 36.4 Å². The number of urea groups is 1. The van der Waals surface area contributed by atoms with E-state index in [2.05, 4.69) is 15.7 Å². The fourth-order valence-corrected chi connectivity index (χ4v) is 2.40. The summed E-state index contributed by atoms with van der Waals surface area (Å²) >= 11 is 0. The zero-order valence-electron chi connectivity index (χ0n) is 13.8. The van der Waals surface area contributed by atoms with Crippen LogP contribution in [0.5, 0.6) is 0 Å². The molecule has 2 aromatic rings. The van der Waals surface area contributed by atoms with Gasteiger partial charge in [-0.25, -0.2) is 4.79 Å². The first kappa shape index (κ1) is 17.0. The van der Waals surface area contributed by atoms with E-state index in [-0.39, 0.29) is 12.1 Å². The van der Waals surface area contributed by atoms with Gasteiger partial charge in [0, 0.05) is 19.2 Å². The van der Waals surface area contributed by atoms with Gasteiger partial charge < -0.3 is 10.4 Å². The topological polar surface area (TPSA) is 79.2 Å². The van der Waals surface area contributed by atoms with E-state index in [9.17, 15) is 9.90 Å². The zero-order valence-corrected chi connectivity index (χ0v) is 13.8. The van der Waals surface area contributed by atoms with Crippen molar-refractivity contribution in [3.8, 4) is 0 Å². The Morgan fingerprint density at radius 3 is 2.65 bits per heavy atom. The Hall–Kier alpha value is -2.34. The van der Waals surface area contributed by atoms with Crippen LogP contribution in [0.25, 0.3) is 0 Å². The third-order valence-corrected chi connectivity index (χ3v) is 3.67. The molecule has 0 aliphatic rings. The average Bonchev–Trinajstić information content (AvgIpc) is 2.88. The zero-order chi connectivity index (χ0) is 16.8. The molecule has 0 aliphatic carbocycles. The summed E-state index contributed by atoms with van der Waals surface area (Å²) in [6, 6.07) is 10.8. The first-order valence-corrected chi connectivity index (χ1v) is 7.83. The Morgan fingerprint density at radius 2 is 2.04 bits per heavy atom. The highest BCUT2D eigenvalue weighted by atomic mass is 16.3. The second-order valence-electron chi connectivity index (χ2n) is 5.66. The molecule has 2 amide bonds. The van der Waals surface area contributed by atoms with Crippen LogP contribution in [-0.2, 0) is 13.5 Å². The van der Waals surface area contributed by atoms with Crippen molar-refractivity contribution in [3.05, 3.63) is 47.7 Å². The summed E-state index contributed by atoms with van der Waals surface area (Å²) in [6.07, 6.45) is 0.662. The molecule has 0 saturated heterocycles. The predicted octanol–water partition coefficient (Wildman–Crippen LogP) is 2.62. The number of hydrogen-bond donors (Lipinski definition) is 3. The standard InChI is InChI=1S/C17H24N4O2/c1-4-14-11-16(21(3)20-14)19-17(23)18-12(2)10-15(22)13-8-6-5-7-9-13/h5-9,11-12,15,22H,4,10H2,1-3H3,(H2,18,19,23). The Morgan fingerprint density at radius 1 is 1.35 bits per heavy atom. The van der Waals surface area contributed by atoms with E-state index in [1.54, 1.807) is 11.7 Å². The second kappa shape index (κ2) is 7.78. The summed E-state index contributed by atoms with van der Waals surface area (Å²) in [5.74, 6) is 0.648. The molecule has 23 heavy (non-hydrogen) atoms. The molecule has 0 bridgehead atoms. The molecule has 124 valence electrons. The van der Waals surface area contributed by atoms with Crippen LogP contribution in [-0.4, -0.2) is 27.0 Å². The Kier molecular flexibility index (Phi) is 5.76. The number of benzene rings is 1. The molecule has 0 radical (unpaired) electrons. The molecule has 2 atom stereocenters. The summed E-state index contributed by atoms with van der Waals surface area (Å²) in [5.41, 5.74) is 1.77. The lowest BCUT2D eigenvalue weighted by atomic mass is 10.0. The van der Waals surface area contributed by atoms with Crippen molar-refractivity contribution in [1.82, 2.24) is 15.1 Å². The van der Waals surface area contributed by atoms with Crippen molar-refractivity contribution in [2.75, 3.05) is 5.32 Å². The van der Waals surface area contributed by atoms with Gasteiger partial charge in [-0.05, 0) is 25.3 Å². The summed E-state index contributed by atoms with van der Waals surface area (Å²) in [7, 11) is 1.79. The van der Waals surface area contributed by atoms with E-state index in [4.69, 9.17) is 0 Å². The first-order chi connectivity index (χ1) is 11.0. The lowest BCUT2D eigenvalue weighted by Crippen LogP contribution is -2.37. The highest BCUT2D eigenvalue weighted by Crippen LogP contribution is 2.17. The van der Waals surface area contributed by atoms with Gasteiger partial charge in [-0.2, -0.15) is 5.10 Å². The molecular formula is C17H24N4O2. The average molecular weight is 316 g/mol. The largest absolute Gasteiger partial charge is 0.388 e. The third-order valence-electron chi connectivity index (χ3n) is 3.67. The van der Waals surface area contributed by atoms with E-state index in [0.29, 0.717) is 12.2 Å². The normalized spacial score (nSPS) is 13.4. The molecule has 1 aromatic heterocycles. The van der Waals surface area contributed by atoms with E-state index in [1.807, 2.05) is 50.2 Å². The molecular weight excluding hydrogens is 292 g/mol. The van der Waals surface area contributed by atoms with Gasteiger partial charge in [0.25, 0.3) is 0 Å². The molecule has 3 N–H and O–H groups in total. The van der Waals surface area contributed by atoms with Crippen molar-refractivity contribution in [2.24, 2.45) is 7.05 Å². The van der Waals surface area contributed by atoms with Crippen LogP contribution in [0.2, 0.25) is 0 Å². The molecule has 1 heterocycles. The smallest absolute Gasteiger partial charge is 0.320 e. The SMILES string of the molecule is CCc1cc(NC(=O)NC(C)CC(O)c2ccccc2)n(C)n1. The van der Waals surface area contributed by atoms with Gasteiger partial charge in [0.2, 0.25) is 0 Å². The van der Waals surface area contributed by atoms with E-state index < -0.39 is 6.10 Å². The van der Waals surface area contributed by atoms with Crippen LogP contribution >= 0.6 is 0 Å². The summed E-state index contributed by atoms with van der Waals surface area (Å²) in [5, 5.41) is 20.1. The third kappa shape index (κ3) is 4.82. The van der Waals surface area contributed by atoms with Gasteiger partial charge in [0.1, 0.15) is 5.82 Å². The molecule has 6 nitrogen and oxygen atoms in total.